The number of hydrogen-bond acceptors (Lipinski definition) is 4. The highest BCUT2D eigenvalue weighted by Gasteiger charge is 2.24. The number of urea groups is 1. The summed E-state index contributed by atoms with van der Waals surface area (Å²) in [5.74, 6) is 0. The number of amides is 2. The average Bonchev–Trinajstić information content (AvgIpc) is 2.76. The van der Waals surface area contributed by atoms with Crippen LogP contribution in [-0.4, -0.2) is 35.0 Å². The Morgan fingerprint density at radius 2 is 2.60 bits per heavy atom. The molecule has 1 aliphatic rings. The second kappa shape index (κ2) is 4.36. The van der Waals surface area contributed by atoms with Gasteiger partial charge in [-0.1, -0.05) is 0 Å². The molecular formula is C8H11BrN4OS. The number of nitrogens with zero attached hydrogens (tertiary/aromatic N) is 2. The molecule has 82 valence electrons. The molecule has 0 aliphatic carbocycles. The van der Waals surface area contributed by atoms with E-state index in [1.54, 1.807) is 16.2 Å². The average molecular weight is 291 g/mol. The van der Waals surface area contributed by atoms with Gasteiger partial charge in [-0.3, -0.25) is 0 Å². The SMILES string of the molecule is NC(=O)N1CCC(Nc2nc(Br)cs2)C1. The minimum Gasteiger partial charge on any atom is -0.357 e. The molecule has 1 aromatic heterocycles. The van der Waals surface area contributed by atoms with E-state index in [1.807, 2.05) is 5.38 Å². The van der Waals surface area contributed by atoms with E-state index in [9.17, 15) is 4.79 Å². The fraction of sp³-hybridized carbons (Fsp3) is 0.500. The molecule has 1 aromatic rings. The summed E-state index contributed by atoms with van der Waals surface area (Å²) in [6.07, 6.45) is 0.917. The van der Waals surface area contributed by atoms with Crippen LogP contribution < -0.4 is 11.1 Å². The molecule has 2 rings (SSSR count). The van der Waals surface area contributed by atoms with Crippen LogP contribution in [-0.2, 0) is 0 Å². The summed E-state index contributed by atoms with van der Waals surface area (Å²) in [5, 5.41) is 6.07. The molecular weight excluding hydrogens is 280 g/mol. The van der Waals surface area contributed by atoms with Crippen molar-refractivity contribution in [3.05, 3.63) is 9.98 Å². The summed E-state index contributed by atoms with van der Waals surface area (Å²) < 4.78 is 0.833. The number of hydrogen-bond donors (Lipinski definition) is 2. The Morgan fingerprint density at radius 3 is 3.13 bits per heavy atom. The first-order chi connectivity index (χ1) is 7.15. The summed E-state index contributed by atoms with van der Waals surface area (Å²) in [7, 11) is 0. The Labute approximate surface area is 99.8 Å². The van der Waals surface area contributed by atoms with Gasteiger partial charge in [0.1, 0.15) is 4.60 Å². The molecule has 0 aromatic carbocycles. The molecule has 0 bridgehead atoms. The lowest BCUT2D eigenvalue weighted by atomic mass is 10.3. The molecule has 0 saturated carbocycles. The van der Waals surface area contributed by atoms with E-state index in [4.69, 9.17) is 5.73 Å². The number of nitrogens with one attached hydrogen (secondary N) is 1. The topological polar surface area (TPSA) is 71.2 Å². The van der Waals surface area contributed by atoms with Crippen LogP contribution in [0.4, 0.5) is 9.93 Å². The maximum atomic E-state index is 10.9. The fourth-order valence-electron chi connectivity index (χ4n) is 1.57. The summed E-state index contributed by atoms with van der Waals surface area (Å²) in [6, 6.07) is -0.0878. The van der Waals surface area contributed by atoms with E-state index in [0.717, 1.165) is 22.7 Å². The predicted molar refractivity (Wildman–Crippen MR) is 63.0 cm³/mol. The van der Waals surface area contributed by atoms with Crippen LogP contribution in [0.1, 0.15) is 6.42 Å². The van der Waals surface area contributed by atoms with Crippen molar-refractivity contribution in [2.24, 2.45) is 5.73 Å². The number of rotatable bonds is 2. The van der Waals surface area contributed by atoms with Crippen molar-refractivity contribution in [1.82, 2.24) is 9.88 Å². The maximum absolute atomic E-state index is 10.9. The molecule has 1 atom stereocenters. The largest absolute Gasteiger partial charge is 0.357 e. The quantitative estimate of drug-likeness (QED) is 0.866. The van der Waals surface area contributed by atoms with E-state index in [1.165, 1.54) is 0 Å². The van der Waals surface area contributed by atoms with Crippen LogP contribution in [0.5, 0.6) is 0 Å². The fourth-order valence-corrected chi connectivity index (χ4v) is 2.80. The number of carbonyl (C=O) groups is 1. The molecule has 1 aliphatic heterocycles. The Balaban J connectivity index is 1.90. The van der Waals surface area contributed by atoms with Crippen molar-refractivity contribution in [2.45, 2.75) is 12.5 Å². The van der Waals surface area contributed by atoms with Crippen LogP contribution in [0.25, 0.3) is 0 Å². The van der Waals surface area contributed by atoms with Crippen LogP contribution >= 0.6 is 27.3 Å². The number of carbonyl (C=O) groups excluding carboxylic acids is 1. The van der Waals surface area contributed by atoms with Crippen LogP contribution in [0.2, 0.25) is 0 Å². The third-order valence-electron chi connectivity index (χ3n) is 2.30. The number of thiazole rings is 1. The number of aromatic nitrogens is 1. The monoisotopic (exact) mass is 290 g/mol. The summed E-state index contributed by atoms with van der Waals surface area (Å²) >= 11 is 4.83. The Kier molecular flexibility index (Phi) is 3.11. The molecule has 1 saturated heterocycles. The second-order valence-electron chi connectivity index (χ2n) is 3.39. The third kappa shape index (κ3) is 2.60. The zero-order valence-electron chi connectivity index (χ0n) is 7.94. The van der Waals surface area contributed by atoms with Gasteiger partial charge in [0.15, 0.2) is 5.13 Å². The number of nitrogens with two attached hydrogens (primary N) is 1. The van der Waals surface area contributed by atoms with Gasteiger partial charge in [-0.2, -0.15) is 0 Å². The van der Waals surface area contributed by atoms with E-state index < -0.39 is 0 Å². The standard InChI is InChI=1S/C8H11BrN4OS/c9-6-4-15-8(12-6)11-5-1-2-13(3-5)7(10)14/h4-5H,1-3H2,(H2,10,14)(H,11,12). The molecule has 7 heteroatoms. The normalized spacial score (nSPS) is 20.6. The van der Waals surface area contributed by atoms with Crippen LogP contribution in [0.15, 0.2) is 9.98 Å². The van der Waals surface area contributed by atoms with E-state index in [0.29, 0.717) is 6.54 Å². The predicted octanol–water partition coefficient (Wildman–Crippen LogP) is 1.47. The molecule has 5 nitrogen and oxygen atoms in total. The smallest absolute Gasteiger partial charge is 0.314 e. The van der Waals surface area contributed by atoms with Crippen LogP contribution in [0.3, 0.4) is 0 Å². The van der Waals surface area contributed by atoms with Crippen molar-refractivity contribution in [3.8, 4) is 0 Å². The highest BCUT2D eigenvalue weighted by molar-refractivity contribution is 9.10. The molecule has 2 heterocycles. The summed E-state index contributed by atoms with van der Waals surface area (Å²) in [6.45, 7) is 1.38. The number of anilines is 1. The second-order valence-corrected chi connectivity index (χ2v) is 5.06. The van der Waals surface area contributed by atoms with Gasteiger partial charge >= 0.3 is 6.03 Å². The van der Waals surface area contributed by atoms with E-state index in [2.05, 4.69) is 26.2 Å². The minimum absolute atomic E-state index is 0.260. The van der Waals surface area contributed by atoms with E-state index >= 15 is 0 Å². The van der Waals surface area contributed by atoms with Crippen molar-refractivity contribution in [1.29, 1.82) is 0 Å². The molecule has 0 spiro atoms. The van der Waals surface area contributed by atoms with Crippen molar-refractivity contribution in [2.75, 3.05) is 18.4 Å². The molecule has 2 amide bonds. The Morgan fingerprint density at radius 1 is 1.80 bits per heavy atom. The summed E-state index contributed by atoms with van der Waals surface area (Å²) in [4.78, 5) is 16.8. The lowest BCUT2D eigenvalue weighted by Crippen LogP contribution is -2.35. The van der Waals surface area contributed by atoms with Gasteiger partial charge in [-0.15, -0.1) is 11.3 Å². The highest BCUT2D eigenvalue weighted by Crippen LogP contribution is 2.22. The first-order valence-corrected chi connectivity index (χ1v) is 6.24. The zero-order chi connectivity index (χ0) is 10.8. The molecule has 1 fully saturated rings. The molecule has 0 radical (unpaired) electrons. The van der Waals surface area contributed by atoms with E-state index in [-0.39, 0.29) is 12.1 Å². The third-order valence-corrected chi connectivity index (χ3v) is 3.79. The lowest BCUT2D eigenvalue weighted by Gasteiger charge is -2.13. The highest BCUT2D eigenvalue weighted by atomic mass is 79.9. The van der Waals surface area contributed by atoms with Gasteiger partial charge in [0.05, 0.1) is 0 Å². The van der Waals surface area contributed by atoms with Gasteiger partial charge in [-0.05, 0) is 22.4 Å². The number of likely N-dealkylation sites (tertiary alicyclic amines) is 1. The molecule has 3 N–H and O–H groups in total. The number of primary amides is 1. The molecule has 1 unspecified atom stereocenters. The van der Waals surface area contributed by atoms with Crippen LogP contribution in [0, 0.1) is 0 Å². The van der Waals surface area contributed by atoms with Gasteiger partial charge < -0.3 is 16.0 Å². The lowest BCUT2D eigenvalue weighted by molar-refractivity contribution is 0.218. The Bertz CT molecular complexity index is 369. The molecule has 15 heavy (non-hydrogen) atoms. The van der Waals surface area contributed by atoms with Gasteiger partial charge in [0, 0.05) is 24.5 Å². The first-order valence-electron chi connectivity index (χ1n) is 4.57. The van der Waals surface area contributed by atoms with Crippen molar-refractivity contribution < 1.29 is 4.79 Å². The number of halogens is 1. The zero-order valence-corrected chi connectivity index (χ0v) is 10.3. The first kappa shape index (κ1) is 10.7. The van der Waals surface area contributed by atoms with Gasteiger partial charge in [-0.25, -0.2) is 9.78 Å². The van der Waals surface area contributed by atoms with Gasteiger partial charge in [0.2, 0.25) is 0 Å². The Hall–Kier alpha value is -0.820. The van der Waals surface area contributed by atoms with Crippen molar-refractivity contribution >= 4 is 38.4 Å². The maximum Gasteiger partial charge on any atom is 0.314 e. The van der Waals surface area contributed by atoms with Crippen molar-refractivity contribution in [3.63, 3.8) is 0 Å². The minimum atomic E-state index is -0.348. The summed E-state index contributed by atoms with van der Waals surface area (Å²) in [5.41, 5.74) is 5.20. The van der Waals surface area contributed by atoms with Gasteiger partial charge in [0.25, 0.3) is 0 Å².